The van der Waals surface area contributed by atoms with Crippen LogP contribution >= 0.6 is 11.6 Å². The number of aromatic nitrogens is 2. The molecule has 18 heavy (non-hydrogen) atoms. The zero-order valence-corrected chi connectivity index (χ0v) is 11.0. The molecule has 1 heterocycles. The van der Waals surface area contributed by atoms with Crippen molar-refractivity contribution in [2.75, 3.05) is 6.54 Å². The van der Waals surface area contributed by atoms with Crippen LogP contribution in [0.5, 0.6) is 5.75 Å². The maximum Gasteiger partial charge on any atom is 0.123 e. The number of rotatable bonds is 5. The smallest absolute Gasteiger partial charge is 0.123 e. The first kappa shape index (κ1) is 12.9. The summed E-state index contributed by atoms with van der Waals surface area (Å²) in [5, 5.41) is 4.80. The summed E-state index contributed by atoms with van der Waals surface area (Å²) in [4.78, 5) is 0. The highest BCUT2D eigenvalue weighted by Gasteiger charge is 2.05. The van der Waals surface area contributed by atoms with E-state index in [1.54, 1.807) is 10.9 Å². The minimum absolute atomic E-state index is 0.493. The molecule has 4 nitrogen and oxygen atoms in total. The predicted octanol–water partition coefficient (Wildman–Crippen LogP) is 2.15. The topological polar surface area (TPSA) is 53.1 Å². The van der Waals surface area contributed by atoms with Gasteiger partial charge in [0.05, 0.1) is 6.20 Å². The molecular weight excluding hydrogens is 250 g/mol. The summed E-state index contributed by atoms with van der Waals surface area (Å²) in [6.45, 7) is 1.07. The van der Waals surface area contributed by atoms with E-state index < -0.39 is 0 Å². The van der Waals surface area contributed by atoms with Crippen LogP contribution in [-0.2, 0) is 20.1 Å². The third-order valence-electron chi connectivity index (χ3n) is 2.59. The standard InChI is InChI=1S/C13H16ClN3O/c1-17-8-10(7-16-17)9-18-13-3-2-12(14)6-11(13)4-5-15/h2-3,6-8H,4-5,9,15H2,1H3. The monoisotopic (exact) mass is 265 g/mol. The van der Waals surface area contributed by atoms with Gasteiger partial charge in [-0.3, -0.25) is 4.68 Å². The van der Waals surface area contributed by atoms with Gasteiger partial charge in [-0.15, -0.1) is 0 Å². The lowest BCUT2D eigenvalue weighted by molar-refractivity contribution is 0.303. The Kier molecular flexibility index (Phi) is 4.23. The van der Waals surface area contributed by atoms with Gasteiger partial charge in [0.25, 0.3) is 0 Å². The molecule has 0 bridgehead atoms. The summed E-state index contributed by atoms with van der Waals surface area (Å²) in [6.07, 6.45) is 4.47. The van der Waals surface area contributed by atoms with Gasteiger partial charge >= 0.3 is 0 Å². The Morgan fingerprint density at radius 3 is 2.94 bits per heavy atom. The molecule has 5 heteroatoms. The number of aryl methyl sites for hydroxylation is 1. The van der Waals surface area contributed by atoms with E-state index in [0.29, 0.717) is 18.2 Å². The predicted molar refractivity (Wildman–Crippen MR) is 71.8 cm³/mol. The third-order valence-corrected chi connectivity index (χ3v) is 2.82. The Hall–Kier alpha value is -1.52. The molecule has 2 N–H and O–H groups in total. The van der Waals surface area contributed by atoms with Crippen LogP contribution < -0.4 is 10.5 Å². The molecule has 0 aliphatic heterocycles. The summed E-state index contributed by atoms with van der Waals surface area (Å²) in [5.41, 5.74) is 7.65. The van der Waals surface area contributed by atoms with Crippen molar-refractivity contribution >= 4 is 11.6 Å². The van der Waals surface area contributed by atoms with Gasteiger partial charge in [-0.25, -0.2) is 0 Å². The second-order valence-corrected chi connectivity index (χ2v) is 4.54. The second kappa shape index (κ2) is 5.89. The normalized spacial score (nSPS) is 10.6. The zero-order chi connectivity index (χ0) is 13.0. The van der Waals surface area contributed by atoms with E-state index in [1.165, 1.54) is 0 Å². The van der Waals surface area contributed by atoms with Gasteiger partial charge in [-0.2, -0.15) is 5.10 Å². The minimum Gasteiger partial charge on any atom is -0.489 e. The van der Waals surface area contributed by atoms with Gasteiger partial charge in [0.2, 0.25) is 0 Å². The van der Waals surface area contributed by atoms with Crippen molar-refractivity contribution in [3.8, 4) is 5.75 Å². The van der Waals surface area contributed by atoms with E-state index in [4.69, 9.17) is 22.1 Å². The van der Waals surface area contributed by atoms with Crippen molar-refractivity contribution in [1.29, 1.82) is 0 Å². The maximum atomic E-state index is 5.96. The number of benzene rings is 1. The van der Waals surface area contributed by atoms with Crippen LogP contribution in [0, 0.1) is 0 Å². The number of ether oxygens (including phenoxy) is 1. The second-order valence-electron chi connectivity index (χ2n) is 4.10. The number of halogens is 1. The van der Waals surface area contributed by atoms with Crippen LogP contribution in [-0.4, -0.2) is 16.3 Å². The molecule has 2 rings (SSSR count). The zero-order valence-electron chi connectivity index (χ0n) is 10.3. The molecule has 1 aromatic heterocycles. The fraction of sp³-hybridized carbons (Fsp3) is 0.308. The fourth-order valence-corrected chi connectivity index (χ4v) is 1.94. The van der Waals surface area contributed by atoms with Crippen molar-refractivity contribution in [1.82, 2.24) is 9.78 Å². The van der Waals surface area contributed by atoms with E-state index >= 15 is 0 Å². The Morgan fingerprint density at radius 1 is 1.44 bits per heavy atom. The maximum absolute atomic E-state index is 5.96. The van der Waals surface area contributed by atoms with Gasteiger partial charge in [-0.05, 0) is 36.7 Å². The van der Waals surface area contributed by atoms with Crippen LogP contribution in [0.3, 0.4) is 0 Å². The number of hydrogen-bond acceptors (Lipinski definition) is 3. The van der Waals surface area contributed by atoms with Crippen molar-refractivity contribution in [3.63, 3.8) is 0 Å². The molecule has 0 atom stereocenters. The van der Waals surface area contributed by atoms with Gasteiger partial charge in [0.15, 0.2) is 0 Å². The van der Waals surface area contributed by atoms with Crippen LogP contribution in [0.4, 0.5) is 0 Å². The average molecular weight is 266 g/mol. The summed E-state index contributed by atoms with van der Waals surface area (Å²) < 4.78 is 7.53. The molecule has 1 aromatic carbocycles. The first-order valence-corrected chi connectivity index (χ1v) is 6.15. The number of hydrogen-bond donors (Lipinski definition) is 1. The molecule has 0 radical (unpaired) electrons. The Bertz CT molecular complexity index is 525. The van der Waals surface area contributed by atoms with Crippen LogP contribution in [0.15, 0.2) is 30.6 Å². The van der Waals surface area contributed by atoms with Crippen molar-refractivity contribution < 1.29 is 4.74 Å². The highest BCUT2D eigenvalue weighted by atomic mass is 35.5. The largest absolute Gasteiger partial charge is 0.489 e. The average Bonchev–Trinajstić information content (AvgIpc) is 2.75. The molecule has 0 spiro atoms. The van der Waals surface area contributed by atoms with E-state index in [0.717, 1.165) is 23.3 Å². The molecule has 0 aliphatic carbocycles. The molecule has 0 aliphatic rings. The molecular formula is C13H16ClN3O. The lowest BCUT2D eigenvalue weighted by Crippen LogP contribution is -2.05. The van der Waals surface area contributed by atoms with E-state index in [1.807, 2.05) is 31.4 Å². The highest BCUT2D eigenvalue weighted by Crippen LogP contribution is 2.24. The summed E-state index contributed by atoms with van der Waals surface area (Å²) in [5.74, 6) is 0.828. The van der Waals surface area contributed by atoms with Gasteiger partial charge < -0.3 is 10.5 Å². The fourth-order valence-electron chi connectivity index (χ4n) is 1.75. The Morgan fingerprint density at radius 2 is 2.28 bits per heavy atom. The molecule has 0 fully saturated rings. The lowest BCUT2D eigenvalue weighted by Gasteiger charge is -2.10. The van der Waals surface area contributed by atoms with Crippen LogP contribution in [0.25, 0.3) is 0 Å². The van der Waals surface area contributed by atoms with Crippen molar-refractivity contribution in [2.45, 2.75) is 13.0 Å². The van der Waals surface area contributed by atoms with Crippen LogP contribution in [0.2, 0.25) is 5.02 Å². The van der Waals surface area contributed by atoms with Gasteiger partial charge in [-0.1, -0.05) is 11.6 Å². The molecule has 0 saturated heterocycles. The van der Waals surface area contributed by atoms with E-state index in [2.05, 4.69) is 5.10 Å². The SMILES string of the molecule is Cn1cc(COc2ccc(Cl)cc2CCN)cn1. The lowest BCUT2D eigenvalue weighted by atomic mass is 10.1. The van der Waals surface area contributed by atoms with Crippen LogP contribution in [0.1, 0.15) is 11.1 Å². The molecule has 0 amide bonds. The molecule has 0 unspecified atom stereocenters. The molecule has 96 valence electrons. The number of nitrogens with two attached hydrogens (primary N) is 1. The van der Waals surface area contributed by atoms with Gasteiger partial charge in [0, 0.05) is 23.8 Å². The first-order valence-electron chi connectivity index (χ1n) is 5.78. The third kappa shape index (κ3) is 3.24. The summed E-state index contributed by atoms with van der Waals surface area (Å²) in [6, 6.07) is 5.59. The number of nitrogens with zero attached hydrogens (tertiary/aromatic N) is 2. The van der Waals surface area contributed by atoms with E-state index in [9.17, 15) is 0 Å². The van der Waals surface area contributed by atoms with Crippen molar-refractivity contribution in [3.05, 3.63) is 46.7 Å². The summed E-state index contributed by atoms with van der Waals surface area (Å²) >= 11 is 5.96. The Labute approximate surface area is 111 Å². The quantitative estimate of drug-likeness (QED) is 0.901. The summed E-state index contributed by atoms with van der Waals surface area (Å²) in [7, 11) is 1.88. The first-order chi connectivity index (χ1) is 8.69. The minimum atomic E-state index is 0.493. The van der Waals surface area contributed by atoms with Gasteiger partial charge in [0.1, 0.15) is 12.4 Å². The highest BCUT2D eigenvalue weighted by molar-refractivity contribution is 6.30. The Balaban J connectivity index is 2.08. The van der Waals surface area contributed by atoms with E-state index in [-0.39, 0.29) is 0 Å². The molecule has 2 aromatic rings. The van der Waals surface area contributed by atoms with Crippen molar-refractivity contribution in [2.24, 2.45) is 12.8 Å². The molecule has 0 saturated carbocycles.